The molecule has 1 aromatic carbocycles. The zero-order valence-corrected chi connectivity index (χ0v) is 19.3. The molecule has 0 atom stereocenters. The van der Waals surface area contributed by atoms with Gasteiger partial charge in [-0.25, -0.2) is 4.98 Å². The third-order valence-electron chi connectivity index (χ3n) is 6.49. The van der Waals surface area contributed by atoms with Gasteiger partial charge in [-0.05, 0) is 43.4 Å². The Balaban J connectivity index is 1.16. The van der Waals surface area contributed by atoms with Crippen molar-refractivity contribution in [1.29, 1.82) is 0 Å². The number of H-pyrrole nitrogens is 1. The molecule has 2 fully saturated rings. The molecule has 0 amide bonds. The van der Waals surface area contributed by atoms with Gasteiger partial charge in [0, 0.05) is 43.3 Å². The fourth-order valence-corrected chi connectivity index (χ4v) is 4.91. The van der Waals surface area contributed by atoms with Crippen LogP contribution in [0.4, 0.5) is 11.5 Å². The highest BCUT2D eigenvalue weighted by molar-refractivity contribution is 6.28. The molecule has 34 heavy (non-hydrogen) atoms. The van der Waals surface area contributed by atoms with Gasteiger partial charge in [0.1, 0.15) is 17.1 Å². The standard InChI is InChI=1S/C23H25ClN8O2/c24-23-29-21(17-13-27-31-22(17)30-23)28-14-1-3-16(4-2-14)34-19-12-15(32-7-9-33-10-8-32)11-18-20(19)26-6-5-25-18/h5-6,11-14,16H,1-4,7-10H2,(H2,27,28,29,30,31)/t14-,16+. The Morgan fingerprint density at radius 1 is 1.06 bits per heavy atom. The molecule has 0 bridgehead atoms. The second-order valence-electron chi connectivity index (χ2n) is 8.68. The van der Waals surface area contributed by atoms with Crippen molar-refractivity contribution in [3.8, 4) is 5.75 Å². The molecule has 3 aromatic heterocycles. The van der Waals surface area contributed by atoms with E-state index in [1.54, 1.807) is 18.6 Å². The van der Waals surface area contributed by atoms with E-state index in [1.807, 2.05) is 0 Å². The predicted molar refractivity (Wildman–Crippen MR) is 130 cm³/mol. The van der Waals surface area contributed by atoms with E-state index in [9.17, 15) is 0 Å². The van der Waals surface area contributed by atoms with E-state index in [-0.39, 0.29) is 17.4 Å². The number of morpholine rings is 1. The van der Waals surface area contributed by atoms with Crippen molar-refractivity contribution in [3.05, 3.63) is 36.0 Å². The Labute approximate surface area is 201 Å². The lowest BCUT2D eigenvalue weighted by Gasteiger charge is -2.31. The molecule has 4 heterocycles. The molecule has 1 aliphatic carbocycles. The lowest BCUT2D eigenvalue weighted by atomic mass is 9.93. The van der Waals surface area contributed by atoms with Crippen LogP contribution in [0.3, 0.4) is 0 Å². The summed E-state index contributed by atoms with van der Waals surface area (Å²) in [5.74, 6) is 1.51. The van der Waals surface area contributed by atoms with Crippen molar-refractivity contribution in [2.45, 2.75) is 37.8 Å². The first-order chi connectivity index (χ1) is 16.7. The number of anilines is 2. The summed E-state index contributed by atoms with van der Waals surface area (Å²) < 4.78 is 12.0. The average molecular weight is 481 g/mol. The van der Waals surface area contributed by atoms with Gasteiger partial charge in [-0.2, -0.15) is 15.1 Å². The van der Waals surface area contributed by atoms with E-state index in [4.69, 9.17) is 21.1 Å². The topological polar surface area (TPSA) is 114 Å². The van der Waals surface area contributed by atoms with E-state index in [0.717, 1.165) is 79.8 Å². The van der Waals surface area contributed by atoms with Gasteiger partial charge in [0.2, 0.25) is 5.28 Å². The Kier molecular flexibility index (Phi) is 5.76. The van der Waals surface area contributed by atoms with E-state index < -0.39 is 0 Å². The Bertz CT molecular complexity index is 1300. The third kappa shape index (κ3) is 4.30. The molecule has 10 nitrogen and oxygen atoms in total. The summed E-state index contributed by atoms with van der Waals surface area (Å²) in [4.78, 5) is 19.9. The van der Waals surface area contributed by atoms with E-state index in [1.165, 1.54) is 0 Å². The van der Waals surface area contributed by atoms with Gasteiger partial charge in [0.05, 0.1) is 36.4 Å². The first kappa shape index (κ1) is 21.3. The fourth-order valence-electron chi connectivity index (χ4n) is 4.74. The average Bonchev–Trinajstić information content (AvgIpc) is 3.34. The van der Waals surface area contributed by atoms with Gasteiger partial charge in [-0.15, -0.1) is 0 Å². The van der Waals surface area contributed by atoms with Crippen LogP contribution in [0.2, 0.25) is 5.28 Å². The van der Waals surface area contributed by atoms with E-state index >= 15 is 0 Å². The first-order valence-corrected chi connectivity index (χ1v) is 12.0. The SMILES string of the molecule is Clc1nc(N[C@H]2CC[C@@H](Oc3cc(N4CCOCC4)cc4nccnc34)CC2)c2cn[nH]c2n1. The molecule has 176 valence electrons. The molecule has 0 radical (unpaired) electrons. The van der Waals surface area contributed by atoms with Crippen LogP contribution in [0, 0.1) is 0 Å². The normalized spacial score (nSPS) is 21.1. The second kappa shape index (κ2) is 9.19. The minimum Gasteiger partial charge on any atom is -0.488 e. The van der Waals surface area contributed by atoms with Gasteiger partial charge >= 0.3 is 0 Å². The number of hydrogen-bond acceptors (Lipinski definition) is 9. The van der Waals surface area contributed by atoms with Crippen molar-refractivity contribution in [1.82, 2.24) is 30.1 Å². The number of nitrogens with one attached hydrogen (secondary N) is 2. The van der Waals surface area contributed by atoms with Gasteiger partial charge < -0.3 is 19.7 Å². The molecule has 4 aromatic rings. The quantitative estimate of drug-likeness (QED) is 0.413. The lowest BCUT2D eigenvalue weighted by molar-refractivity contribution is 0.122. The zero-order valence-electron chi connectivity index (χ0n) is 18.6. The number of rotatable bonds is 5. The summed E-state index contributed by atoms with van der Waals surface area (Å²) in [5, 5.41) is 11.5. The highest BCUT2D eigenvalue weighted by Gasteiger charge is 2.25. The molecule has 0 unspecified atom stereocenters. The second-order valence-corrected chi connectivity index (χ2v) is 9.01. The number of aromatic nitrogens is 6. The van der Waals surface area contributed by atoms with Gasteiger partial charge in [-0.1, -0.05) is 0 Å². The predicted octanol–water partition coefficient (Wildman–Crippen LogP) is 3.59. The highest BCUT2D eigenvalue weighted by Crippen LogP contribution is 2.33. The number of halogens is 1. The third-order valence-corrected chi connectivity index (χ3v) is 6.66. The molecule has 1 saturated carbocycles. The molecule has 11 heteroatoms. The molecule has 1 aliphatic heterocycles. The summed E-state index contributed by atoms with van der Waals surface area (Å²) in [6.07, 6.45) is 9.04. The molecule has 2 N–H and O–H groups in total. The number of benzene rings is 1. The zero-order chi connectivity index (χ0) is 22.9. The van der Waals surface area contributed by atoms with Crippen molar-refractivity contribution in [3.63, 3.8) is 0 Å². The van der Waals surface area contributed by atoms with Crippen LogP contribution >= 0.6 is 11.6 Å². The smallest absolute Gasteiger partial charge is 0.226 e. The molecule has 0 spiro atoms. The van der Waals surface area contributed by atoms with Crippen molar-refractivity contribution in [2.75, 3.05) is 36.5 Å². The maximum absolute atomic E-state index is 6.53. The number of aromatic amines is 1. The van der Waals surface area contributed by atoms with E-state index in [2.05, 4.69) is 52.5 Å². The number of nitrogens with zero attached hydrogens (tertiary/aromatic N) is 6. The minimum absolute atomic E-state index is 0.117. The molecule has 1 saturated heterocycles. The largest absolute Gasteiger partial charge is 0.488 e. The van der Waals surface area contributed by atoms with Gasteiger partial charge in [-0.3, -0.25) is 10.1 Å². The maximum Gasteiger partial charge on any atom is 0.226 e. The summed E-state index contributed by atoms with van der Waals surface area (Å²) in [5.41, 5.74) is 3.39. The minimum atomic E-state index is 0.117. The van der Waals surface area contributed by atoms with Crippen molar-refractivity contribution < 1.29 is 9.47 Å². The van der Waals surface area contributed by atoms with Crippen molar-refractivity contribution >= 4 is 45.2 Å². The van der Waals surface area contributed by atoms with Crippen molar-refractivity contribution in [2.24, 2.45) is 0 Å². The highest BCUT2D eigenvalue weighted by atomic mass is 35.5. The Morgan fingerprint density at radius 3 is 2.74 bits per heavy atom. The Morgan fingerprint density at radius 2 is 1.88 bits per heavy atom. The number of fused-ring (bicyclic) bond motifs is 2. The van der Waals surface area contributed by atoms with E-state index in [0.29, 0.717) is 11.5 Å². The number of hydrogen-bond donors (Lipinski definition) is 2. The molecular weight excluding hydrogens is 456 g/mol. The fraction of sp³-hybridized carbons (Fsp3) is 0.435. The maximum atomic E-state index is 6.53. The lowest BCUT2D eigenvalue weighted by Crippen LogP contribution is -2.36. The van der Waals surface area contributed by atoms with Crippen LogP contribution < -0.4 is 15.0 Å². The van der Waals surface area contributed by atoms with Gasteiger partial charge in [0.25, 0.3) is 0 Å². The first-order valence-electron chi connectivity index (χ1n) is 11.6. The monoisotopic (exact) mass is 480 g/mol. The van der Waals surface area contributed by atoms with Crippen LogP contribution in [-0.2, 0) is 4.74 Å². The molecule has 6 rings (SSSR count). The summed E-state index contributed by atoms with van der Waals surface area (Å²) in [6, 6.07) is 4.47. The van der Waals surface area contributed by atoms with Gasteiger partial charge in [0.15, 0.2) is 5.65 Å². The number of ether oxygens (including phenoxy) is 2. The molecule has 2 aliphatic rings. The summed E-state index contributed by atoms with van der Waals surface area (Å²) in [6.45, 7) is 3.18. The van der Waals surface area contributed by atoms with Crippen LogP contribution in [-0.4, -0.2) is 68.6 Å². The summed E-state index contributed by atoms with van der Waals surface area (Å²) in [7, 11) is 0. The summed E-state index contributed by atoms with van der Waals surface area (Å²) >= 11 is 6.08. The van der Waals surface area contributed by atoms with Crippen LogP contribution in [0.1, 0.15) is 25.7 Å². The van der Waals surface area contributed by atoms with Crippen LogP contribution in [0.5, 0.6) is 5.75 Å². The Hall–Kier alpha value is -3.24. The van der Waals surface area contributed by atoms with Crippen LogP contribution in [0.25, 0.3) is 22.1 Å². The molecular formula is C23H25ClN8O2. The van der Waals surface area contributed by atoms with Crippen LogP contribution in [0.15, 0.2) is 30.7 Å².